The number of carbonyl (C=O) groups excluding carboxylic acids is 1. The molecule has 3 aromatic rings. The van der Waals surface area contributed by atoms with Gasteiger partial charge in [-0.1, -0.05) is 32.0 Å². The molecule has 0 saturated carbocycles. The number of nitrogens with two attached hydrogens (primary N) is 1. The minimum atomic E-state index is -0.512. The highest BCUT2D eigenvalue weighted by Gasteiger charge is 2.17. The molecule has 0 aliphatic carbocycles. The molecule has 0 fully saturated rings. The van der Waals surface area contributed by atoms with Crippen molar-refractivity contribution in [2.24, 2.45) is 11.7 Å². The number of furan rings is 1. The molecule has 1 amide bonds. The highest BCUT2D eigenvalue weighted by atomic mass is 16.3. The Hall–Kier alpha value is -2.33. The lowest BCUT2D eigenvalue weighted by Gasteiger charge is -2.15. The summed E-state index contributed by atoms with van der Waals surface area (Å²) in [6.07, 6.45) is 0. The number of nitrogens with one attached hydrogen (secondary N) is 1. The number of fused-ring (bicyclic) bond motifs is 3. The summed E-state index contributed by atoms with van der Waals surface area (Å²) in [5, 5.41) is 4.89. The smallest absolute Gasteiger partial charge is 0.241 e. The van der Waals surface area contributed by atoms with E-state index in [1.165, 1.54) is 0 Å². The van der Waals surface area contributed by atoms with Crippen LogP contribution >= 0.6 is 0 Å². The van der Waals surface area contributed by atoms with E-state index in [2.05, 4.69) is 5.32 Å². The van der Waals surface area contributed by atoms with Crippen LogP contribution in [0.15, 0.2) is 46.9 Å². The van der Waals surface area contributed by atoms with Gasteiger partial charge in [0.25, 0.3) is 0 Å². The highest BCUT2D eigenvalue weighted by Crippen LogP contribution is 2.30. The average molecular weight is 282 g/mol. The van der Waals surface area contributed by atoms with Crippen LogP contribution in [-0.4, -0.2) is 11.9 Å². The van der Waals surface area contributed by atoms with E-state index in [9.17, 15) is 4.79 Å². The number of carbonyl (C=O) groups is 1. The monoisotopic (exact) mass is 282 g/mol. The Balaban J connectivity index is 1.97. The molecule has 1 aromatic heterocycles. The predicted molar refractivity (Wildman–Crippen MR) is 85.2 cm³/mol. The van der Waals surface area contributed by atoms with Gasteiger partial charge in [-0.2, -0.15) is 0 Å². The molecule has 0 aliphatic heterocycles. The van der Waals surface area contributed by atoms with Crippen LogP contribution in [0.5, 0.6) is 0 Å². The minimum Gasteiger partial charge on any atom is -0.456 e. The number of hydrogen-bond acceptors (Lipinski definition) is 3. The summed E-state index contributed by atoms with van der Waals surface area (Å²) >= 11 is 0. The van der Waals surface area contributed by atoms with E-state index < -0.39 is 6.04 Å². The minimum absolute atomic E-state index is 0.100. The zero-order valence-corrected chi connectivity index (χ0v) is 12.1. The first-order chi connectivity index (χ1) is 10.1. The quantitative estimate of drug-likeness (QED) is 0.772. The van der Waals surface area contributed by atoms with Crippen molar-refractivity contribution < 1.29 is 9.21 Å². The number of rotatable bonds is 3. The molecule has 0 aliphatic rings. The second kappa shape index (κ2) is 5.22. The summed E-state index contributed by atoms with van der Waals surface area (Å²) in [6, 6.07) is 13.0. The molecule has 108 valence electrons. The first kappa shape index (κ1) is 13.6. The maximum atomic E-state index is 12.0. The lowest BCUT2D eigenvalue weighted by Crippen LogP contribution is -2.39. The largest absolute Gasteiger partial charge is 0.456 e. The maximum absolute atomic E-state index is 12.0. The van der Waals surface area contributed by atoms with Gasteiger partial charge in [0.2, 0.25) is 5.91 Å². The van der Waals surface area contributed by atoms with Gasteiger partial charge in [0.15, 0.2) is 0 Å². The molecular weight excluding hydrogens is 264 g/mol. The average Bonchev–Trinajstić information content (AvgIpc) is 2.84. The van der Waals surface area contributed by atoms with E-state index in [-0.39, 0.29) is 11.8 Å². The molecular formula is C17H18N2O2. The summed E-state index contributed by atoms with van der Waals surface area (Å²) in [4.78, 5) is 12.0. The third-order valence-corrected chi connectivity index (χ3v) is 3.67. The van der Waals surface area contributed by atoms with Crippen LogP contribution in [-0.2, 0) is 4.79 Å². The van der Waals surface area contributed by atoms with Crippen molar-refractivity contribution in [3.8, 4) is 0 Å². The van der Waals surface area contributed by atoms with Gasteiger partial charge in [0.1, 0.15) is 11.2 Å². The Kier molecular flexibility index (Phi) is 3.39. The number of amides is 1. The first-order valence-electron chi connectivity index (χ1n) is 7.04. The molecule has 0 saturated heterocycles. The summed E-state index contributed by atoms with van der Waals surface area (Å²) in [5.74, 6) is -0.0689. The van der Waals surface area contributed by atoms with E-state index in [1.807, 2.05) is 56.3 Å². The molecule has 4 heteroatoms. The van der Waals surface area contributed by atoms with E-state index in [0.717, 1.165) is 27.6 Å². The van der Waals surface area contributed by atoms with Crippen molar-refractivity contribution in [2.45, 2.75) is 19.9 Å². The van der Waals surface area contributed by atoms with Gasteiger partial charge >= 0.3 is 0 Å². The van der Waals surface area contributed by atoms with E-state index >= 15 is 0 Å². The van der Waals surface area contributed by atoms with Crippen LogP contribution in [0.3, 0.4) is 0 Å². The first-order valence-corrected chi connectivity index (χ1v) is 7.04. The maximum Gasteiger partial charge on any atom is 0.241 e. The highest BCUT2D eigenvalue weighted by molar-refractivity contribution is 6.07. The standard InChI is InChI=1S/C17H18N2O2/c1-10(2)16(18)17(20)19-11-7-8-15-13(9-11)12-5-3-4-6-14(12)21-15/h3-10,16H,18H2,1-2H3,(H,19,20)/t16-/m1/s1. The number of anilines is 1. The predicted octanol–water partition coefficient (Wildman–Crippen LogP) is 3.51. The van der Waals surface area contributed by atoms with Crippen molar-refractivity contribution in [1.82, 2.24) is 0 Å². The topological polar surface area (TPSA) is 68.3 Å². The number of para-hydroxylation sites is 1. The zero-order chi connectivity index (χ0) is 15.0. The van der Waals surface area contributed by atoms with Crippen LogP contribution in [0.1, 0.15) is 13.8 Å². The lowest BCUT2D eigenvalue weighted by atomic mass is 10.0. The zero-order valence-electron chi connectivity index (χ0n) is 12.1. The van der Waals surface area contributed by atoms with E-state index in [4.69, 9.17) is 10.2 Å². The lowest BCUT2D eigenvalue weighted by molar-refractivity contribution is -0.118. The second-order valence-corrected chi connectivity index (χ2v) is 5.57. The Morgan fingerprint density at radius 3 is 2.57 bits per heavy atom. The van der Waals surface area contributed by atoms with E-state index in [0.29, 0.717) is 0 Å². The third kappa shape index (κ3) is 2.50. The van der Waals surface area contributed by atoms with Crippen molar-refractivity contribution in [1.29, 1.82) is 0 Å². The van der Waals surface area contributed by atoms with Crippen molar-refractivity contribution in [3.05, 3.63) is 42.5 Å². The summed E-state index contributed by atoms with van der Waals surface area (Å²) in [5.41, 5.74) is 8.24. The summed E-state index contributed by atoms with van der Waals surface area (Å²) < 4.78 is 5.76. The van der Waals surface area contributed by atoms with Gasteiger partial charge in [-0.25, -0.2) is 0 Å². The summed E-state index contributed by atoms with van der Waals surface area (Å²) in [7, 11) is 0. The number of benzene rings is 2. The van der Waals surface area contributed by atoms with Gasteiger partial charge < -0.3 is 15.5 Å². The molecule has 0 unspecified atom stereocenters. The van der Waals surface area contributed by atoms with Crippen molar-refractivity contribution >= 4 is 33.5 Å². The molecule has 3 rings (SSSR count). The van der Waals surface area contributed by atoms with Crippen LogP contribution in [0.4, 0.5) is 5.69 Å². The molecule has 21 heavy (non-hydrogen) atoms. The fourth-order valence-corrected chi connectivity index (χ4v) is 2.33. The Labute approximate surface area is 122 Å². The molecule has 0 bridgehead atoms. The molecule has 3 N–H and O–H groups in total. The van der Waals surface area contributed by atoms with Gasteiger partial charge in [-0.15, -0.1) is 0 Å². The normalized spacial score (nSPS) is 13.0. The molecule has 0 radical (unpaired) electrons. The molecule has 1 heterocycles. The molecule has 0 spiro atoms. The fourth-order valence-electron chi connectivity index (χ4n) is 2.33. The fraction of sp³-hybridized carbons (Fsp3) is 0.235. The third-order valence-electron chi connectivity index (χ3n) is 3.67. The van der Waals surface area contributed by atoms with Crippen LogP contribution in [0.2, 0.25) is 0 Å². The Morgan fingerprint density at radius 2 is 1.81 bits per heavy atom. The van der Waals surface area contributed by atoms with Gasteiger partial charge in [-0.3, -0.25) is 4.79 Å². The van der Waals surface area contributed by atoms with E-state index in [1.54, 1.807) is 0 Å². The molecule has 4 nitrogen and oxygen atoms in total. The second-order valence-electron chi connectivity index (χ2n) is 5.57. The Bertz CT molecular complexity index is 805. The van der Waals surface area contributed by atoms with Gasteiger partial charge in [0, 0.05) is 16.5 Å². The van der Waals surface area contributed by atoms with Crippen LogP contribution in [0, 0.1) is 5.92 Å². The van der Waals surface area contributed by atoms with Crippen molar-refractivity contribution in [3.63, 3.8) is 0 Å². The SMILES string of the molecule is CC(C)[C@@H](N)C(=O)Nc1ccc2oc3ccccc3c2c1. The summed E-state index contributed by atoms with van der Waals surface area (Å²) in [6.45, 7) is 3.86. The molecule has 2 aromatic carbocycles. The van der Waals surface area contributed by atoms with Crippen LogP contribution < -0.4 is 11.1 Å². The van der Waals surface area contributed by atoms with Crippen molar-refractivity contribution in [2.75, 3.05) is 5.32 Å². The van der Waals surface area contributed by atoms with Crippen LogP contribution in [0.25, 0.3) is 21.9 Å². The Morgan fingerprint density at radius 1 is 1.10 bits per heavy atom. The molecule has 1 atom stereocenters. The number of hydrogen-bond donors (Lipinski definition) is 2. The van der Waals surface area contributed by atoms with Gasteiger partial charge in [-0.05, 0) is 30.2 Å². The van der Waals surface area contributed by atoms with Gasteiger partial charge in [0.05, 0.1) is 6.04 Å².